The smallest absolute Gasteiger partial charge is 0.270 e. The molecular weight excluding hydrogens is 282 g/mol. The van der Waals surface area contributed by atoms with Gasteiger partial charge >= 0.3 is 0 Å². The maximum atomic E-state index is 11.7. The Morgan fingerprint density at radius 2 is 2.24 bits per heavy atom. The maximum absolute atomic E-state index is 11.7. The Labute approximate surface area is 108 Å². The number of carbonyl (C=O) groups excluding carboxylic acids is 1. The Balaban J connectivity index is 1.96. The molecule has 0 spiro atoms. The molecule has 1 aliphatic carbocycles. The Morgan fingerprint density at radius 3 is 2.71 bits per heavy atom. The summed E-state index contributed by atoms with van der Waals surface area (Å²) in [4.78, 5) is 11.7. The molecule has 1 N–H and O–H groups in total. The highest BCUT2D eigenvalue weighted by Crippen LogP contribution is 2.26. The van der Waals surface area contributed by atoms with E-state index in [9.17, 15) is 13.2 Å². The largest absolute Gasteiger partial charge is 0.352 e. The highest BCUT2D eigenvalue weighted by molar-refractivity contribution is 8.15. The van der Waals surface area contributed by atoms with Crippen molar-refractivity contribution in [2.24, 2.45) is 5.92 Å². The number of halogens is 1. The van der Waals surface area contributed by atoms with Crippen molar-refractivity contribution in [3.05, 3.63) is 17.0 Å². The number of thiophene rings is 1. The second-order valence-corrected chi connectivity index (χ2v) is 7.80. The molecule has 0 radical (unpaired) electrons. The Morgan fingerprint density at radius 1 is 1.53 bits per heavy atom. The summed E-state index contributed by atoms with van der Waals surface area (Å²) >= 11 is 0.958. The number of carbonyl (C=O) groups is 1. The number of rotatable bonds is 4. The first-order chi connectivity index (χ1) is 7.97. The summed E-state index contributed by atoms with van der Waals surface area (Å²) < 4.78 is 22.1. The van der Waals surface area contributed by atoms with Gasteiger partial charge in [-0.15, -0.1) is 11.3 Å². The first-order valence-corrected chi connectivity index (χ1v) is 8.47. The van der Waals surface area contributed by atoms with Gasteiger partial charge in [-0.05, 0) is 24.8 Å². The van der Waals surface area contributed by atoms with Crippen LogP contribution in [0.5, 0.6) is 0 Å². The van der Waals surface area contributed by atoms with E-state index in [4.69, 9.17) is 10.7 Å². The monoisotopic (exact) mass is 293 g/mol. The molecule has 0 bridgehead atoms. The lowest BCUT2D eigenvalue weighted by Gasteiger charge is -2.25. The van der Waals surface area contributed by atoms with Crippen LogP contribution in [0.3, 0.4) is 0 Å². The summed E-state index contributed by atoms with van der Waals surface area (Å²) in [6.07, 6.45) is 3.55. The van der Waals surface area contributed by atoms with Gasteiger partial charge in [0.25, 0.3) is 15.0 Å². The minimum Gasteiger partial charge on any atom is -0.352 e. The van der Waals surface area contributed by atoms with Crippen molar-refractivity contribution in [3.8, 4) is 0 Å². The van der Waals surface area contributed by atoms with Gasteiger partial charge < -0.3 is 5.32 Å². The van der Waals surface area contributed by atoms with Gasteiger partial charge in [0, 0.05) is 22.6 Å². The lowest BCUT2D eigenvalue weighted by molar-refractivity contribution is 0.0939. The van der Waals surface area contributed by atoms with Crippen molar-refractivity contribution in [1.82, 2.24) is 5.32 Å². The van der Waals surface area contributed by atoms with Gasteiger partial charge in [0.05, 0.1) is 5.56 Å². The molecule has 1 fully saturated rings. The summed E-state index contributed by atoms with van der Waals surface area (Å²) in [7, 11) is 1.46. The Kier molecular flexibility index (Phi) is 3.75. The van der Waals surface area contributed by atoms with Gasteiger partial charge in [-0.3, -0.25) is 4.79 Å². The molecule has 17 heavy (non-hydrogen) atoms. The van der Waals surface area contributed by atoms with Crippen molar-refractivity contribution in [2.45, 2.75) is 23.5 Å². The van der Waals surface area contributed by atoms with Crippen molar-refractivity contribution in [3.63, 3.8) is 0 Å². The third-order valence-corrected chi connectivity index (χ3v) is 5.89. The molecule has 0 unspecified atom stereocenters. The van der Waals surface area contributed by atoms with Crippen LogP contribution in [-0.4, -0.2) is 20.9 Å². The first kappa shape index (κ1) is 12.9. The van der Waals surface area contributed by atoms with Crippen LogP contribution >= 0.6 is 22.0 Å². The minimum absolute atomic E-state index is 0.00737. The van der Waals surface area contributed by atoms with Crippen LogP contribution in [0.25, 0.3) is 0 Å². The summed E-state index contributed by atoms with van der Waals surface area (Å²) in [6.45, 7) is 0.664. The van der Waals surface area contributed by atoms with Crippen LogP contribution in [0.2, 0.25) is 0 Å². The second-order valence-electron chi connectivity index (χ2n) is 4.10. The van der Waals surface area contributed by atoms with E-state index < -0.39 is 9.05 Å². The number of hydrogen-bond acceptors (Lipinski definition) is 4. The van der Waals surface area contributed by atoms with Crippen molar-refractivity contribution in [1.29, 1.82) is 0 Å². The number of hydrogen-bond donors (Lipinski definition) is 1. The van der Waals surface area contributed by atoms with Gasteiger partial charge in [-0.1, -0.05) is 6.42 Å². The number of nitrogens with one attached hydrogen (secondary N) is 1. The van der Waals surface area contributed by atoms with Gasteiger partial charge in [0.15, 0.2) is 0 Å². The molecule has 0 atom stereocenters. The fourth-order valence-electron chi connectivity index (χ4n) is 1.60. The molecule has 1 saturated carbocycles. The third-order valence-electron chi connectivity index (χ3n) is 2.85. The molecule has 7 heteroatoms. The van der Waals surface area contributed by atoms with Gasteiger partial charge in [-0.25, -0.2) is 8.42 Å². The number of amides is 1. The van der Waals surface area contributed by atoms with E-state index in [0.29, 0.717) is 18.0 Å². The molecule has 0 aromatic carbocycles. The zero-order valence-corrected chi connectivity index (χ0v) is 11.4. The molecule has 4 nitrogen and oxygen atoms in total. The van der Waals surface area contributed by atoms with Crippen molar-refractivity contribution >= 4 is 37.0 Å². The molecule has 2 rings (SSSR count). The van der Waals surface area contributed by atoms with Crippen molar-refractivity contribution in [2.75, 3.05) is 6.54 Å². The average molecular weight is 294 g/mol. The van der Waals surface area contributed by atoms with Crippen LogP contribution in [0.4, 0.5) is 0 Å². The van der Waals surface area contributed by atoms with E-state index in [-0.39, 0.29) is 10.1 Å². The summed E-state index contributed by atoms with van der Waals surface area (Å²) in [6, 6.07) is 1.31. The first-order valence-electron chi connectivity index (χ1n) is 5.28. The van der Waals surface area contributed by atoms with E-state index in [2.05, 4.69) is 5.32 Å². The standard InChI is InChI=1S/C10H12ClNO3S2/c11-17(14,15)9-4-8(6-16-9)10(13)12-5-7-2-1-3-7/h4,6-7H,1-3,5H2,(H,12,13). The fraction of sp³-hybridized carbons (Fsp3) is 0.500. The van der Waals surface area contributed by atoms with Gasteiger partial charge in [0.2, 0.25) is 0 Å². The Hall–Kier alpha value is -0.590. The highest BCUT2D eigenvalue weighted by Gasteiger charge is 2.20. The topological polar surface area (TPSA) is 63.2 Å². The molecule has 1 heterocycles. The highest BCUT2D eigenvalue weighted by atomic mass is 35.7. The molecule has 0 saturated heterocycles. The van der Waals surface area contributed by atoms with E-state index in [1.807, 2.05) is 0 Å². The molecule has 1 aromatic heterocycles. The van der Waals surface area contributed by atoms with E-state index in [0.717, 1.165) is 24.2 Å². The fourth-order valence-corrected chi connectivity index (χ4v) is 3.55. The molecule has 0 aliphatic heterocycles. The molecule has 94 valence electrons. The van der Waals surface area contributed by atoms with Crippen LogP contribution in [0.1, 0.15) is 29.6 Å². The zero-order chi connectivity index (χ0) is 12.5. The van der Waals surface area contributed by atoms with Crippen LogP contribution < -0.4 is 5.32 Å². The van der Waals surface area contributed by atoms with Crippen LogP contribution in [-0.2, 0) is 9.05 Å². The van der Waals surface area contributed by atoms with Gasteiger partial charge in [0.1, 0.15) is 4.21 Å². The van der Waals surface area contributed by atoms with Gasteiger partial charge in [-0.2, -0.15) is 0 Å². The SMILES string of the molecule is O=C(NCC1CCC1)c1csc(S(=O)(=O)Cl)c1. The quantitative estimate of drug-likeness (QED) is 0.866. The summed E-state index contributed by atoms with van der Waals surface area (Å²) in [5.41, 5.74) is 0.355. The predicted molar refractivity (Wildman–Crippen MR) is 67.0 cm³/mol. The zero-order valence-electron chi connectivity index (χ0n) is 8.98. The molecule has 1 aliphatic rings. The second kappa shape index (κ2) is 4.96. The van der Waals surface area contributed by atoms with Crippen molar-refractivity contribution < 1.29 is 13.2 Å². The van der Waals surface area contributed by atoms with Crippen LogP contribution in [0, 0.1) is 5.92 Å². The predicted octanol–water partition coefficient (Wildman–Crippen LogP) is 2.21. The van der Waals surface area contributed by atoms with E-state index >= 15 is 0 Å². The average Bonchev–Trinajstić information content (AvgIpc) is 2.62. The summed E-state index contributed by atoms with van der Waals surface area (Å²) in [5, 5.41) is 4.30. The van der Waals surface area contributed by atoms with E-state index in [1.54, 1.807) is 0 Å². The van der Waals surface area contributed by atoms with Crippen LogP contribution in [0.15, 0.2) is 15.7 Å². The molecule has 1 amide bonds. The molecule has 1 aromatic rings. The normalized spacial score (nSPS) is 16.5. The Bertz CT molecular complexity index is 519. The van der Waals surface area contributed by atoms with E-state index in [1.165, 1.54) is 17.9 Å². The molecular formula is C10H12ClNO3S2. The summed E-state index contributed by atoms with van der Waals surface area (Å²) in [5.74, 6) is 0.341. The lowest BCUT2D eigenvalue weighted by atomic mass is 9.85. The third kappa shape index (κ3) is 3.20. The maximum Gasteiger partial charge on any atom is 0.270 e. The minimum atomic E-state index is -3.73. The lowest BCUT2D eigenvalue weighted by Crippen LogP contribution is -2.31.